The third-order valence-electron chi connectivity index (χ3n) is 4.01. The van der Waals surface area contributed by atoms with Gasteiger partial charge in [-0.3, -0.25) is 10.1 Å². The van der Waals surface area contributed by atoms with Crippen LogP contribution in [0.1, 0.15) is 21.7 Å². The maximum Gasteiger partial charge on any atom is 0.449 e. The fourth-order valence-electron chi connectivity index (χ4n) is 2.71. The largest absolute Gasteiger partial charge is 0.449 e. The smallest absolute Gasteiger partial charge is 0.334 e. The first-order chi connectivity index (χ1) is 13.9. The molecule has 2 aromatic heterocycles. The summed E-state index contributed by atoms with van der Waals surface area (Å²) < 4.78 is 77.5. The molecule has 2 heterocycles. The van der Waals surface area contributed by atoms with Crippen LogP contribution in [0.15, 0.2) is 30.3 Å². The quantitative estimate of drug-likeness (QED) is 0.351. The van der Waals surface area contributed by atoms with Crippen LogP contribution in [0.4, 0.5) is 31.5 Å². The lowest BCUT2D eigenvalue weighted by atomic mass is 10.1. The third kappa shape index (κ3) is 3.79. The number of H-pyrrole nitrogens is 1. The van der Waals surface area contributed by atoms with Gasteiger partial charge in [-0.15, -0.1) is 0 Å². The van der Waals surface area contributed by atoms with Gasteiger partial charge in [0.2, 0.25) is 5.82 Å². The molecule has 0 fully saturated rings. The number of fused-ring (bicyclic) bond motifs is 2. The Balaban J connectivity index is 1.70. The van der Waals surface area contributed by atoms with Gasteiger partial charge in [-0.2, -0.15) is 26.3 Å². The monoisotopic (exact) mass is 464 g/mol. The predicted octanol–water partition coefficient (Wildman–Crippen LogP) is 6.12. The molecular formula is C17H7ClF6N4OS. The average Bonchev–Trinajstić information content (AvgIpc) is 3.22. The Morgan fingerprint density at radius 3 is 2.40 bits per heavy atom. The van der Waals surface area contributed by atoms with E-state index in [0.29, 0.717) is 0 Å². The van der Waals surface area contributed by atoms with E-state index in [9.17, 15) is 31.1 Å². The summed E-state index contributed by atoms with van der Waals surface area (Å²) in [6.45, 7) is 0. The van der Waals surface area contributed by atoms with Crippen LogP contribution in [0.2, 0.25) is 5.02 Å². The van der Waals surface area contributed by atoms with Crippen LogP contribution in [-0.2, 0) is 12.4 Å². The molecule has 1 amide bonds. The van der Waals surface area contributed by atoms with Crippen molar-refractivity contribution in [3.8, 4) is 0 Å². The minimum atomic E-state index is -4.76. The van der Waals surface area contributed by atoms with Gasteiger partial charge in [-0.1, -0.05) is 22.9 Å². The number of carbonyl (C=O) groups excluding carboxylic acids is 1. The lowest BCUT2D eigenvalue weighted by Gasteiger charge is -2.04. The average molecular weight is 465 g/mol. The van der Waals surface area contributed by atoms with Gasteiger partial charge in [0.25, 0.3) is 5.91 Å². The number of hydrogen-bond acceptors (Lipinski definition) is 4. The standard InChI is InChI=1S/C17H7ClF6N4OS/c18-7-4-8(12-10(5-7)25-14(27-12)17(22,23)24)13(29)28-15-26-9-2-1-6(16(19,20)21)3-11(9)30-15/h1-5H,(H,25,27)(H,26,28,29). The fourth-order valence-corrected chi connectivity index (χ4v) is 3.82. The highest BCUT2D eigenvalue weighted by Gasteiger charge is 2.35. The number of alkyl halides is 6. The van der Waals surface area contributed by atoms with Crippen molar-refractivity contribution in [1.29, 1.82) is 0 Å². The zero-order valence-electron chi connectivity index (χ0n) is 14.2. The number of nitrogens with one attached hydrogen (secondary N) is 2. The Morgan fingerprint density at radius 2 is 1.73 bits per heavy atom. The van der Waals surface area contributed by atoms with Crippen LogP contribution in [0.3, 0.4) is 0 Å². The molecule has 4 rings (SSSR count). The van der Waals surface area contributed by atoms with Crippen LogP contribution in [0.5, 0.6) is 0 Å². The van der Waals surface area contributed by atoms with Crippen molar-refractivity contribution in [2.75, 3.05) is 5.32 Å². The topological polar surface area (TPSA) is 70.7 Å². The van der Waals surface area contributed by atoms with E-state index in [4.69, 9.17) is 11.6 Å². The number of aromatic nitrogens is 3. The SMILES string of the molecule is O=C(Nc1nc2ccc(C(F)(F)F)cc2s1)c1cc(Cl)cc2nc(C(F)(F)F)[nH]c12. The first-order valence-electron chi connectivity index (χ1n) is 7.97. The summed E-state index contributed by atoms with van der Waals surface area (Å²) in [6, 6.07) is 5.22. The molecule has 0 aliphatic rings. The summed E-state index contributed by atoms with van der Waals surface area (Å²) in [5.41, 5.74) is -1.23. The molecule has 13 heteroatoms. The maximum atomic E-state index is 12.9. The van der Waals surface area contributed by atoms with Gasteiger partial charge in [0.15, 0.2) is 5.13 Å². The number of halogens is 7. The zero-order chi connectivity index (χ0) is 21.8. The molecule has 0 saturated heterocycles. The molecule has 156 valence electrons. The fraction of sp³-hybridized carbons (Fsp3) is 0.118. The van der Waals surface area contributed by atoms with E-state index in [0.717, 1.165) is 41.7 Å². The van der Waals surface area contributed by atoms with Gasteiger partial charge < -0.3 is 4.98 Å². The summed E-state index contributed by atoms with van der Waals surface area (Å²) in [5.74, 6) is -2.15. The number of anilines is 1. The van der Waals surface area contributed by atoms with Crippen LogP contribution in [0.25, 0.3) is 21.3 Å². The van der Waals surface area contributed by atoms with Crippen LogP contribution in [0, 0.1) is 0 Å². The van der Waals surface area contributed by atoms with Crippen molar-refractivity contribution >= 4 is 55.2 Å². The van der Waals surface area contributed by atoms with Crippen molar-refractivity contribution in [1.82, 2.24) is 15.0 Å². The molecule has 0 unspecified atom stereocenters. The molecule has 2 aromatic carbocycles. The Bertz CT molecular complexity index is 1290. The molecule has 0 radical (unpaired) electrons. The molecule has 2 N–H and O–H groups in total. The van der Waals surface area contributed by atoms with E-state index in [2.05, 4.69) is 20.3 Å². The molecule has 4 aromatic rings. The Labute approximate surface area is 171 Å². The molecule has 0 bridgehead atoms. The minimum Gasteiger partial charge on any atom is -0.334 e. The first kappa shape index (κ1) is 20.4. The second-order valence-electron chi connectivity index (χ2n) is 6.08. The Hall–Kier alpha value is -2.86. The number of carbonyl (C=O) groups is 1. The van der Waals surface area contributed by atoms with E-state index in [-0.39, 0.29) is 37.0 Å². The lowest BCUT2D eigenvalue weighted by molar-refractivity contribution is -0.144. The van der Waals surface area contributed by atoms with E-state index in [1.54, 1.807) is 0 Å². The maximum absolute atomic E-state index is 12.9. The van der Waals surface area contributed by atoms with E-state index >= 15 is 0 Å². The number of aromatic amines is 1. The number of amides is 1. The molecule has 0 saturated carbocycles. The summed E-state index contributed by atoms with van der Waals surface area (Å²) in [7, 11) is 0. The van der Waals surface area contributed by atoms with Gasteiger partial charge in [-0.05, 0) is 30.3 Å². The molecular weight excluding hydrogens is 458 g/mol. The summed E-state index contributed by atoms with van der Waals surface area (Å²) in [4.78, 5) is 22.1. The third-order valence-corrected chi connectivity index (χ3v) is 5.16. The molecule has 30 heavy (non-hydrogen) atoms. The summed E-state index contributed by atoms with van der Waals surface area (Å²) >= 11 is 6.67. The van der Waals surface area contributed by atoms with Crippen LogP contribution < -0.4 is 5.32 Å². The van der Waals surface area contributed by atoms with Crippen LogP contribution in [-0.4, -0.2) is 20.9 Å². The molecule has 0 aliphatic carbocycles. The predicted molar refractivity (Wildman–Crippen MR) is 98.7 cm³/mol. The van der Waals surface area contributed by atoms with Gasteiger partial charge in [0, 0.05) is 5.02 Å². The van der Waals surface area contributed by atoms with Crippen molar-refractivity contribution in [3.63, 3.8) is 0 Å². The van der Waals surface area contributed by atoms with Crippen molar-refractivity contribution < 1.29 is 31.1 Å². The number of nitrogens with zero attached hydrogens (tertiary/aromatic N) is 2. The van der Waals surface area contributed by atoms with Crippen LogP contribution >= 0.6 is 22.9 Å². The van der Waals surface area contributed by atoms with Gasteiger partial charge >= 0.3 is 12.4 Å². The number of thiazole rings is 1. The number of benzene rings is 2. The second-order valence-corrected chi connectivity index (χ2v) is 7.55. The number of hydrogen-bond donors (Lipinski definition) is 2. The first-order valence-corrected chi connectivity index (χ1v) is 9.17. The van der Waals surface area contributed by atoms with Gasteiger partial charge in [0.05, 0.1) is 32.4 Å². The second kappa shape index (κ2) is 6.84. The minimum absolute atomic E-state index is 0.0213. The normalized spacial score (nSPS) is 12.6. The highest BCUT2D eigenvalue weighted by Crippen LogP contribution is 2.35. The molecule has 0 atom stereocenters. The number of imidazole rings is 1. The van der Waals surface area contributed by atoms with E-state index < -0.39 is 29.6 Å². The highest BCUT2D eigenvalue weighted by atomic mass is 35.5. The molecule has 5 nitrogen and oxygen atoms in total. The molecule has 0 spiro atoms. The van der Waals surface area contributed by atoms with Crippen molar-refractivity contribution in [3.05, 3.63) is 52.3 Å². The summed E-state index contributed by atoms with van der Waals surface area (Å²) in [6.07, 6.45) is -9.30. The Morgan fingerprint density at radius 1 is 1.00 bits per heavy atom. The van der Waals surface area contributed by atoms with Crippen molar-refractivity contribution in [2.45, 2.75) is 12.4 Å². The van der Waals surface area contributed by atoms with Gasteiger partial charge in [0.1, 0.15) is 0 Å². The number of rotatable bonds is 2. The van der Waals surface area contributed by atoms with Crippen molar-refractivity contribution in [2.24, 2.45) is 0 Å². The van der Waals surface area contributed by atoms with E-state index in [1.807, 2.05) is 0 Å². The lowest BCUT2D eigenvalue weighted by Crippen LogP contribution is -2.12. The van der Waals surface area contributed by atoms with E-state index in [1.165, 1.54) is 0 Å². The Kier molecular flexibility index (Phi) is 4.66. The summed E-state index contributed by atoms with van der Waals surface area (Å²) in [5, 5.41) is 2.32. The zero-order valence-corrected chi connectivity index (χ0v) is 15.8. The molecule has 0 aliphatic heterocycles. The van der Waals surface area contributed by atoms with Gasteiger partial charge in [-0.25, -0.2) is 9.97 Å². The highest BCUT2D eigenvalue weighted by molar-refractivity contribution is 7.22.